The zero-order valence-electron chi connectivity index (χ0n) is 9.60. The average Bonchev–Trinajstić information content (AvgIpc) is 3.18. The van der Waals surface area contributed by atoms with Gasteiger partial charge in [0.1, 0.15) is 11.2 Å². The van der Waals surface area contributed by atoms with Gasteiger partial charge in [-0.2, -0.15) is 5.26 Å². The van der Waals surface area contributed by atoms with Crippen LogP contribution >= 0.6 is 0 Å². The first-order valence-electron chi connectivity index (χ1n) is 5.63. The molecule has 1 aliphatic rings. The molecular weight excluding hydrogens is 212 g/mol. The summed E-state index contributed by atoms with van der Waals surface area (Å²) in [7, 11) is 1.65. The van der Waals surface area contributed by atoms with Crippen LogP contribution in [0.1, 0.15) is 18.5 Å². The minimum Gasteiger partial charge on any atom is -0.497 e. The number of benzene rings is 1. The van der Waals surface area contributed by atoms with Gasteiger partial charge in [-0.25, -0.2) is 0 Å². The van der Waals surface area contributed by atoms with Crippen LogP contribution in [0.4, 0.5) is 0 Å². The zero-order valence-corrected chi connectivity index (χ0v) is 9.60. The van der Waals surface area contributed by atoms with E-state index >= 15 is 0 Å². The van der Waals surface area contributed by atoms with E-state index in [2.05, 4.69) is 11.1 Å². The molecule has 17 heavy (non-hydrogen) atoms. The van der Waals surface area contributed by atoms with Crippen LogP contribution in [0.15, 0.2) is 30.5 Å². The largest absolute Gasteiger partial charge is 0.497 e. The molecule has 0 radical (unpaired) electrons. The Hall–Kier alpha value is -2.08. The molecule has 3 nitrogen and oxygen atoms in total. The predicted molar refractivity (Wildman–Crippen MR) is 64.8 cm³/mol. The van der Waals surface area contributed by atoms with Gasteiger partial charge >= 0.3 is 0 Å². The van der Waals surface area contributed by atoms with Crippen molar-refractivity contribution >= 4 is 10.8 Å². The van der Waals surface area contributed by atoms with Crippen molar-refractivity contribution in [3.8, 4) is 11.8 Å². The smallest absolute Gasteiger partial charge is 0.119 e. The maximum atomic E-state index is 9.26. The van der Waals surface area contributed by atoms with Crippen LogP contribution in [0.2, 0.25) is 0 Å². The Morgan fingerprint density at radius 2 is 2.18 bits per heavy atom. The van der Waals surface area contributed by atoms with Crippen LogP contribution in [0.5, 0.6) is 5.75 Å². The Kier molecular flexibility index (Phi) is 2.05. The summed E-state index contributed by atoms with van der Waals surface area (Å²) in [6, 6.07) is 10.2. The number of nitrogens with zero attached hydrogens (tertiary/aromatic N) is 2. The van der Waals surface area contributed by atoms with Gasteiger partial charge in [-0.1, -0.05) is 0 Å². The van der Waals surface area contributed by atoms with Gasteiger partial charge in [0.15, 0.2) is 0 Å². The molecule has 0 N–H and O–H groups in total. The molecule has 0 unspecified atom stereocenters. The number of fused-ring (bicyclic) bond motifs is 1. The van der Waals surface area contributed by atoms with Crippen molar-refractivity contribution in [3.05, 3.63) is 36.2 Å². The van der Waals surface area contributed by atoms with Crippen LogP contribution < -0.4 is 4.74 Å². The molecule has 0 bridgehead atoms. The van der Waals surface area contributed by atoms with E-state index in [1.165, 1.54) is 0 Å². The maximum absolute atomic E-state index is 9.26. The third kappa shape index (κ3) is 1.45. The highest BCUT2D eigenvalue weighted by atomic mass is 16.5. The van der Waals surface area contributed by atoms with Crippen molar-refractivity contribution in [1.29, 1.82) is 5.26 Å². The number of hydrogen-bond donors (Lipinski definition) is 0. The number of ether oxygens (including phenoxy) is 1. The highest BCUT2D eigenvalue weighted by Crippen LogP contribution is 2.48. The van der Waals surface area contributed by atoms with Gasteiger partial charge in [-0.15, -0.1) is 0 Å². The van der Waals surface area contributed by atoms with Crippen molar-refractivity contribution < 1.29 is 4.74 Å². The highest BCUT2D eigenvalue weighted by molar-refractivity contribution is 5.87. The van der Waals surface area contributed by atoms with E-state index in [9.17, 15) is 5.26 Å². The molecule has 1 heterocycles. The summed E-state index contributed by atoms with van der Waals surface area (Å²) < 4.78 is 5.20. The lowest BCUT2D eigenvalue weighted by Gasteiger charge is -2.10. The van der Waals surface area contributed by atoms with E-state index in [4.69, 9.17) is 4.74 Å². The Morgan fingerprint density at radius 3 is 2.82 bits per heavy atom. The van der Waals surface area contributed by atoms with E-state index in [1.807, 2.05) is 24.3 Å². The Balaban J connectivity index is 2.24. The van der Waals surface area contributed by atoms with Crippen molar-refractivity contribution in [2.24, 2.45) is 0 Å². The fourth-order valence-corrected chi connectivity index (χ4v) is 2.19. The third-order valence-electron chi connectivity index (χ3n) is 3.39. The molecule has 1 fully saturated rings. The second kappa shape index (κ2) is 3.46. The molecular formula is C14H12N2O. The van der Waals surface area contributed by atoms with Gasteiger partial charge in [-0.3, -0.25) is 4.98 Å². The van der Waals surface area contributed by atoms with E-state index in [0.717, 1.165) is 35.1 Å². The van der Waals surface area contributed by atoms with Crippen LogP contribution in [-0.2, 0) is 5.41 Å². The summed E-state index contributed by atoms with van der Waals surface area (Å²) in [4.78, 5) is 4.40. The van der Waals surface area contributed by atoms with Gasteiger partial charge in [0.05, 0.1) is 18.9 Å². The number of hydrogen-bond acceptors (Lipinski definition) is 3. The lowest BCUT2D eigenvalue weighted by molar-refractivity contribution is 0.415. The molecule has 2 aromatic rings. The molecule has 0 amide bonds. The van der Waals surface area contributed by atoms with Gasteiger partial charge in [0.25, 0.3) is 0 Å². The number of aromatic nitrogens is 1. The van der Waals surface area contributed by atoms with Crippen molar-refractivity contribution in [1.82, 2.24) is 4.98 Å². The SMILES string of the molecule is COc1ccc2c(C3(C#N)CC3)nccc2c1. The highest BCUT2D eigenvalue weighted by Gasteiger charge is 2.47. The molecule has 0 spiro atoms. The zero-order chi connectivity index (χ0) is 11.9. The Labute approximate surface area is 99.7 Å². The first-order valence-corrected chi connectivity index (χ1v) is 5.63. The molecule has 1 aromatic carbocycles. The first-order chi connectivity index (χ1) is 8.29. The molecule has 1 saturated carbocycles. The molecule has 84 valence electrons. The molecule has 0 atom stereocenters. The van der Waals surface area contributed by atoms with E-state index in [0.29, 0.717) is 0 Å². The minimum atomic E-state index is -0.339. The fraction of sp³-hybridized carbons (Fsp3) is 0.286. The lowest BCUT2D eigenvalue weighted by Crippen LogP contribution is -2.06. The minimum absolute atomic E-state index is 0.339. The lowest BCUT2D eigenvalue weighted by atomic mass is 9.98. The number of nitriles is 1. The van der Waals surface area contributed by atoms with Gasteiger partial charge in [-0.05, 0) is 42.5 Å². The van der Waals surface area contributed by atoms with E-state index in [-0.39, 0.29) is 5.41 Å². The van der Waals surface area contributed by atoms with Crippen molar-refractivity contribution in [3.63, 3.8) is 0 Å². The summed E-state index contributed by atoms with van der Waals surface area (Å²) in [5, 5.41) is 11.4. The van der Waals surface area contributed by atoms with Gasteiger partial charge in [0.2, 0.25) is 0 Å². The Bertz CT molecular complexity index is 624. The number of methoxy groups -OCH3 is 1. The van der Waals surface area contributed by atoms with Crippen LogP contribution in [0.3, 0.4) is 0 Å². The second-order valence-corrected chi connectivity index (χ2v) is 4.44. The van der Waals surface area contributed by atoms with Crippen LogP contribution in [-0.4, -0.2) is 12.1 Å². The average molecular weight is 224 g/mol. The number of pyridine rings is 1. The summed E-state index contributed by atoms with van der Waals surface area (Å²) in [6.45, 7) is 0. The Morgan fingerprint density at radius 1 is 1.35 bits per heavy atom. The summed E-state index contributed by atoms with van der Waals surface area (Å²) in [5.74, 6) is 0.830. The maximum Gasteiger partial charge on any atom is 0.119 e. The first kappa shape index (κ1) is 10.1. The standard InChI is InChI=1S/C14H12N2O/c1-17-11-2-3-12-10(8-11)4-7-16-13(12)14(9-15)5-6-14/h2-4,7-8H,5-6H2,1H3. The molecule has 1 aromatic heterocycles. The molecule has 0 aliphatic heterocycles. The summed E-state index contributed by atoms with van der Waals surface area (Å²) >= 11 is 0. The van der Waals surface area contributed by atoms with Crippen LogP contribution in [0.25, 0.3) is 10.8 Å². The van der Waals surface area contributed by atoms with E-state index in [1.54, 1.807) is 13.3 Å². The van der Waals surface area contributed by atoms with Gasteiger partial charge < -0.3 is 4.74 Å². The molecule has 3 heteroatoms. The number of rotatable bonds is 2. The predicted octanol–water partition coefficient (Wildman–Crippen LogP) is 2.80. The summed E-state index contributed by atoms with van der Waals surface area (Å²) in [5.41, 5.74) is 0.578. The second-order valence-electron chi connectivity index (χ2n) is 4.44. The van der Waals surface area contributed by atoms with E-state index < -0.39 is 0 Å². The third-order valence-corrected chi connectivity index (χ3v) is 3.39. The monoisotopic (exact) mass is 224 g/mol. The molecule has 3 rings (SSSR count). The van der Waals surface area contributed by atoms with Crippen molar-refractivity contribution in [2.75, 3.05) is 7.11 Å². The van der Waals surface area contributed by atoms with Crippen LogP contribution in [0, 0.1) is 11.3 Å². The van der Waals surface area contributed by atoms with Crippen molar-refractivity contribution in [2.45, 2.75) is 18.3 Å². The fourth-order valence-electron chi connectivity index (χ4n) is 2.19. The quantitative estimate of drug-likeness (QED) is 0.788. The molecule has 0 saturated heterocycles. The van der Waals surface area contributed by atoms with Gasteiger partial charge in [0, 0.05) is 11.6 Å². The summed E-state index contributed by atoms with van der Waals surface area (Å²) in [6.07, 6.45) is 3.61. The topological polar surface area (TPSA) is 45.9 Å². The normalized spacial score (nSPS) is 16.5. The molecule has 1 aliphatic carbocycles.